The largest absolute Gasteiger partial charge is 0.481 e. The van der Waals surface area contributed by atoms with Crippen molar-refractivity contribution in [1.29, 1.82) is 0 Å². The van der Waals surface area contributed by atoms with Crippen LogP contribution in [0.2, 0.25) is 0 Å². The number of rotatable bonds is 7. The molecular formula is C15H22N6O. The van der Waals surface area contributed by atoms with Crippen LogP contribution in [-0.4, -0.2) is 41.4 Å². The predicted octanol–water partition coefficient (Wildman–Crippen LogP) is 1.04. The number of guanidine groups is 1. The fourth-order valence-corrected chi connectivity index (χ4v) is 2.02. The normalized spacial score (nSPS) is 11.3. The van der Waals surface area contributed by atoms with E-state index >= 15 is 0 Å². The van der Waals surface area contributed by atoms with Gasteiger partial charge in [0.15, 0.2) is 5.96 Å². The third kappa shape index (κ3) is 4.76. The van der Waals surface area contributed by atoms with Crippen molar-refractivity contribution in [2.24, 2.45) is 4.99 Å². The maximum absolute atomic E-state index is 5.23. The molecule has 0 unspecified atom stereocenters. The highest BCUT2D eigenvalue weighted by Gasteiger charge is 2.04. The maximum atomic E-state index is 5.23. The molecule has 2 N–H and O–H groups in total. The highest BCUT2D eigenvalue weighted by molar-refractivity contribution is 5.79. The van der Waals surface area contributed by atoms with Crippen molar-refractivity contribution in [2.75, 3.05) is 20.7 Å². The van der Waals surface area contributed by atoms with Gasteiger partial charge in [-0.25, -0.2) is 4.98 Å². The Balaban J connectivity index is 1.73. The van der Waals surface area contributed by atoms with Gasteiger partial charge in [-0.2, -0.15) is 5.10 Å². The van der Waals surface area contributed by atoms with Crippen molar-refractivity contribution in [3.8, 4) is 5.88 Å². The second kappa shape index (κ2) is 8.66. The minimum atomic E-state index is 0.607. The van der Waals surface area contributed by atoms with E-state index in [2.05, 4.69) is 25.7 Å². The molecule has 2 heterocycles. The lowest BCUT2D eigenvalue weighted by molar-refractivity contribution is 0.392. The first kappa shape index (κ1) is 15.8. The molecule has 0 spiro atoms. The molecule has 0 aliphatic carbocycles. The van der Waals surface area contributed by atoms with E-state index in [0.29, 0.717) is 12.4 Å². The quantitative estimate of drug-likeness (QED) is 0.454. The number of hydrogen-bond donors (Lipinski definition) is 2. The molecule has 0 radical (unpaired) electrons. The highest BCUT2D eigenvalue weighted by Crippen LogP contribution is 2.12. The molecule has 118 valence electrons. The molecule has 2 rings (SSSR count). The summed E-state index contributed by atoms with van der Waals surface area (Å²) in [5.74, 6) is 1.38. The summed E-state index contributed by atoms with van der Waals surface area (Å²) in [7, 11) is 3.37. The average molecular weight is 302 g/mol. The molecule has 0 atom stereocenters. The van der Waals surface area contributed by atoms with Crippen LogP contribution in [0.25, 0.3) is 0 Å². The topological polar surface area (TPSA) is 76.4 Å². The van der Waals surface area contributed by atoms with Crippen molar-refractivity contribution in [2.45, 2.75) is 19.5 Å². The number of methoxy groups -OCH3 is 1. The van der Waals surface area contributed by atoms with Crippen LogP contribution in [0.4, 0.5) is 0 Å². The maximum Gasteiger partial charge on any atom is 0.218 e. The van der Waals surface area contributed by atoms with E-state index in [4.69, 9.17) is 4.74 Å². The van der Waals surface area contributed by atoms with Gasteiger partial charge < -0.3 is 15.4 Å². The minimum Gasteiger partial charge on any atom is -0.481 e. The van der Waals surface area contributed by atoms with E-state index in [-0.39, 0.29) is 0 Å². The Kier molecular flexibility index (Phi) is 6.22. The monoisotopic (exact) mass is 302 g/mol. The Bertz CT molecular complexity index is 581. The summed E-state index contributed by atoms with van der Waals surface area (Å²) in [6.07, 6.45) is 6.43. The molecule has 0 aliphatic rings. The van der Waals surface area contributed by atoms with E-state index in [1.165, 1.54) is 0 Å². The summed E-state index contributed by atoms with van der Waals surface area (Å²) in [4.78, 5) is 8.38. The smallest absolute Gasteiger partial charge is 0.218 e. The van der Waals surface area contributed by atoms with Crippen LogP contribution < -0.4 is 15.4 Å². The Hall–Kier alpha value is -2.57. The van der Waals surface area contributed by atoms with Crippen LogP contribution in [0.3, 0.4) is 0 Å². The van der Waals surface area contributed by atoms with E-state index in [1.807, 2.05) is 29.1 Å². The van der Waals surface area contributed by atoms with E-state index in [9.17, 15) is 0 Å². The van der Waals surface area contributed by atoms with Gasteiger partial charge in [-0.15, -0.1) is 0 Å². The lowest BCUT2D eigenvalue weighted by Crippen LogP contribution is -2.37. The molecule has 22 heavy (non-hydrogen) atoms. The van der Waals surface area contributed by atoms with E-state index in [0.717, 1.165) is 31.0 Å². The molecule has 0 saturated heterocycles. The number of aryl methyl sites for hydroxylation is 1. The third-order valence-electron chi connectivity index (χ3n) is 3.13. The number of hydrogen-bond acceptors (Lipinski definition) is 4. The molecule has 7 nitrogen and oxygen atoms in total. The Morgan fingerprint density at radius 3 is 2.95 bits per heavy atom. The van der Waals surface area contributed by atoms with Crippen LogP contribution in [-0.2, 0) is 13.1 Å². The summed E-state index contributed by atoms with van der Waals surface area (Å²) in [5, 5.41) is 10.7. The zero-order valence-electron chi connectivity index (χ0n) is 13.0. The molecule has 0 fully saturated rings. The molecule has 0 saturated carbocycles. The zero-order valence-corrected chi connectivity index (χ0v) is 13.0. The fourth-order valence-electron chi connectivity index (χ4n) is 2.02. The van der Waals surface area contributed by atoms with Crippen LogP contribution in [0, 0.1) is 0 Å². The molecule has 0 aliphatic heterocycles. The lowest BCUT2D eigenvalue weighted by atomic mass is 10.2. The van der Waals surface area contributed by atoms with Crippen molar-refractivity contribution in [3.63, 3.8) is 0 Å². The van der Waals surface area contributed by atoms with Crippen molar-refractivity contribution >= 4 is 5.96 Å². The first-order valence-corrected chi connectivity index (χ1v) is 7.23. The second-order valence-corrected chi connectivity index (χ2v) is 4.65. The summed E-state index contributed by atoms with van der Waals surface area (Å²) < 4.78 is 7.15. The standard InChI is InChI=1S/C15H22N6O/c1-16-15(18-8-4-10-21-11-5-9-20-21)19-12-13-6-3-7-17-14(13)22-2/h3,5-7,9,11H,4,8,10,12H2,1-2H3,(H2,16,18,19). The second-order valence-electron chi connectivity index (χ2n) is 4.65. The lowest BCUT2D eigenvalue weighted by Gasteiger charge is -2.13. The highest BCUT2D eigenvalue weighted by atomic mass is 16.5. The van der Waals surface area contributed by atoms with Gasteiger partial charge in [0.1, 0.15) is 0 Å². The van der Waals surface area contributed by atoms with Gasteiger partial charge in [-0.1, -0.05) is 6.07 Å². The van der Waals surface area contributed by atoms with Crippen LogP contribution in [0.5, 0.6) is 5.88 Å². The fraction of sp³-hybridized carbons (Fsp3) is 0.400. The predicted molar refractivity (Wildman–Crippen MR) is 85.8 cm³/mol. The molecule has 0 amide bonds. The van der Waals surface area contributed by atoms with Gasteiger partial charge in [-0.05, 0) is 18.6 Å². The average Bonchev–Trinajstić information content (AvgIpc) is 3.08. The van der Waals surface area contributed by atoms with Gasteiger partial charge in [-0.3, -0.25) is 9.67 Å². The number of aliphatic imine (C=N–C) groups is 1. The summed E-state index contributed by atoms with van der Waals surface area (Å²) in [6.45, 7) is 2.31. The number of nitrogens with one attached hydrogen (secondary N) is 2. The van der Waals surface area contributed by atoms with Gasteiger partial charge in [0.05, 0.1) is 7.11 Å². The van der Waals surface area contributed by atoms with Crippen LogP contribution >= 0.6 is 0 Å². The minimum absolute atomic E-state index is 0.607. The van der Waals surface area contributed by atoms with Crippen molar-refractivity contribution in [1.82, 2.24) is 25.4 Å². The summed E-state index contributed by atoms with van der Waals surface area (Å²) >= 11 is 0. The Morgan fingerprint density at radius 1 is 1.32 bits per heavy atom. The molecule has 2 aromatic heterocycles. The van der Waals surface area contributed by atoms with Crippen LogP contribution in [0.15, 0.2) is 41.8 Å². The van der Waals surface area contributed by atoms with Gasteiger partial charge in [0.25, 0.3) is 0 Å². The molecule has 0 aromatic carbocycles. The molecule has 7 heteroatoms. The van der Waals surface area contributed by atoms with E-state index < -0.39 is 0 Å². The SMILES string of the molecule is CN=C(NCCCn1cccn1)NCc1cccnc1OC. The van der Waals surface area contributed by atoms with Gasteiger partial charge in [0.2, 0.25) is 5.88 Å². The van der Waals surface area contributed by atoms with E-state index in [1.54, 1.807) is 26.6 Å². The Morgan fingerprint density at radius 2 is 2.23 bits per heavy atom. The Labute approximate surface area is 130 Å². The third-order valence-corrected chi connectivity index (χ3v) is 3.13. The first-order chi connectivity index (χ1) is 10.8. The first-order valence-electron chi connectivity index (χ1n) is 7.23. The van der Waals surface area contributed by atoms with Crippen molar-refractivity contribution < 1.29 is 4.74 Å². The number of ether oxygens (including phenoxy) is 1. The zero-order chi connectivity index (χ0) is 15.6. The number of pyridine rings is 1. The molecular weight excluding hydrogens is 280 g/mol. The van der Waals surface area contributed by atoms with Crippen molar-refractivity contribution in [3.05, 3.63) is 42.4 Å². The summed E-state index contributed by atoms with van der Waals surface area (Å²) in [5.41, 5.74) is 0.990. The molecule has 0 bridgehead atoms. The molecule has 2 aromatic rings. The summed E-state index contributed by atoms with van der Waals surface area (Å²) in [6, 6.07) is 5.79. The van der Waals surface area contributed by atoms with Crippen LogP contribution in [0.1, 0.15) is 12.0 Å². The van der Waals surface area contributed by atoms with Gasteiger partial charge in [0, 0.05) is 50.8 Å². The van der Waals surface area contributed by atoms with Gasteiger partial charge >= 0.3 is 0 Å². The number of nitrogens with zero attached hydrogens (tertiary/aromatic N) is 4. The number of aromatic nitrogens is 3.